The number of hydrogen-bond donors (Lipinski definition) is 2. The second-order valence-corrected chi connectivity index (χ2v) is 5.88. The molecule has 2 aromatic rings. The Labute approximate surface area is 130 Å². The molecular formula is C17H22N4O. The standard InChI is InChI=1S/C17H22N4O/c1-12-11-13(2)21(20-12)16-5-3-14(4-6-16)17(22)19-15-7-9-18-10-8-15/h3-6,11,15,18H,7-10H2,1-2H3,(H,19,22). The van der Waals surface area contributed by atoms with Gasteiger partial charge in [-0.05, 0) is 70.1 Å². The molecule has 116 valence electrons. The average Bonchev–Trinajstić information content (AvgIpc) is 2.87. The maximum Gasteiger partial charge on any atom is 0.251 e. The van der Waals surface area contributed by atoms with Crippen molar-refractivity contribution in [1.29, 1.82) is 0 Å². The van der Waals surface area contributed by atoms with E-state index in [1.54, 1.807) is 0 Å². The summed E-state index contributed by atoms with van der Waals surface area (Å²) in [6.45, 7) is 5.95. The largest absolute Gasteiger partial charge is 0.349 e. The van der Waals surface area contributed by atoms with Crippen LogP contribution >= 0.6 is 0 Å². The second-order valence-electron chi connectivity index (χ2n) is 5.88. The average molecular weight is 298 g/mol. The van der Waals surface area contributed by atoms with Gasteiger partial charge in [-0.15, -0.1) is 0 Å². The number of nitrogens with one attached hydrogen (secondary N) is 2. The maximum absolute atomic E-state index is 12.3. The number of piperidine rings is 1. The van der Waals surface area contributed by atoms with Crippen molar-refractivity contribution in [2.45, 2.75) is 32.7 Å². The predicted octanol–water partition coefficient (Wildman–Crippen LogP) is 1.97. The van der Waals surface area contributed by atoms with Crippen molar-refractivity contribution in [1.82, 2.24) is 20.4 Å². The van der Waals surface area contributed by atoms with Gasteiger partial charge in [0.05, 0.1) is 11.4 Å². The van der Waals surface area contributed by atoms with Crippen molar-refractivity contribution >= 4 is 5.91 Å². The highest BCUT2D eigenvalue weighted by Crippen LogP contribution is 2.13. The summed E-state index contributed by atoms with van der Waals surface area (Å²) in [6, 6.07) is 9.93. The molecule has 3 rings (SSSR count). The lowest BCUT2D eigenvalue weighted by Gasteiger charge is -2.23. The van der Waals surface area contributed by atoms with E-state index in [0.29, 0.717) is 5.56 Å². The summed E-state index contributed by atoms with van der Waals surface area (Å²) >= 11 is 0. The number of nitrogens with zero attached hydrogens (tertiary/aromatic N) is 2. The van der Waals surface area contributed by atoms with E-state index in [1.165, 1.54) is 0 Å². The van der Waals surface area contributed by atoms with Crippen molar-refractivity contribution in [2.75, 3.05) is 13.1 Å². The number of carbonyl (C=O) groups is 1. The summed E-state index contributed by atoms with van der Waals surface area (Å²) in [4.78, 5) is 12.3. The molecule has 5 heteroatoms. The van der Waals surface area contributed by atoms with E-state index in [0.717, 1.165) is 43.0 Å². The highest BCUT2D eigenvalue weighted by Gasteiger charge is 2.16. The smallest absolute Gasteiger partial charge is 0.251 e. The molecule has 1 aliphatic rings. The van der Waals surface area contributed by atoms with Crippen molar-refractivity contribution in [3.8, 4) is 5.69 Å². The lowest BCUT2D eigenvalue weighted by molar-refractivity contribution is 0.0929. The Morgan fingerprint density at radius 1 is 1.23 bits per heavy atom. The van der Waals surface area contributed by atoms with Crippen molar-refractivity contribution < 1.29 is 4.79 Å². The first kappa shape index (κ1) is 14.8. The normalized spacial score (nSPS) is 15.7. The second kappa shape index (κ2) is 6.32. The Morgan fingerprint density at radius 3 is 2.50 bits per heavy atom. The SMILES string of the molecule is Cc1cc(C)n(-c2ccc(C(=O)NC3CCNCC3)cc2)n1. The zero-order valence-corrected chi connectivity index (χ0v) is 13.1. The van der Waals surface area contributed by atoms with Crippen LogP contribution in [0.25, 0.3) is 5.69 Å². The Balaban J connectivity index is 1.70. The number of hydrogen-bond acceptors (Lipinski definition) is 3. The Hall–Kier alpha value is -2.14. The van der Waals surface area contributed by atoms with Crippen LogP contribution in [-0.4, -0.2) is 34.8 Å². The lowest BCUT2D eigenvalue weighted by atomic mass is 10.1. The van der Waals surface area contributed by atoms with E-state index in [2.05, 4.69) is 15.7 Å². The van der Waals surface area contributed by atoms with Gasteiger partial charge in [0, 0.05) is 17.3 Å². The first-order valence-corrected chi connectivity index (χ1v) is 7.79. The minimum absolute atomic E-state index is 0.00631. The van der Waals surface area contributed by atoms with E-state index in [1.807, 2.05) is 48.9 Å². The van der Waals surface area contributed by atoms with Crippen LogP contribution in [0.5, 0.6) is 0 Å². The molecule has 5 nitrogen and oxygen atoms in total. The Bertz CT molecular complexity index is 654. The zero-order valence-electron chi connectivity index (χ0n) is 13.1. The molecule has 1 saturated heterocycles. The van der Waals surface area contributed by atoms with Crippen molar-refractivity contribution in [2.24, 2.45) is 0 Å². The molecule has 0 atom stereocenters. The third-order valence-corrected chi connectivity index (χ3v) is 4.06. The lowest BCUT2D eigenvalue weighted by Crippen LogP contribution is -2.42. The van der Waals surface area contributed by atoms with Gasteiger partial charge in [0.1, 0.15) is 0 Å². The van der Waals surface area contributed by atoms with Crippen LogP contribution < -0.4 is 10.6 Å². The van der Waals surface area contributed by atoms with Crippen LogP contribution in [-0.2, 0) is 0 Å². The molecule has 0 spiro atoms. The van der Waals surface area contributed by atoms with Crippen LogP contribution in [0.2, 0.25) is 0 Å². The molecule has 22 heavy (non-hydrogen) atoms. The van der Waals surface area contributed by atoms with Gasteiger partial charge < -0.3 is 10.6 Å². The first-order chi connectivity index (χ1) is 10.6. The van der Waals surface area contributed by atoms with Gasteiger partial charge in [0.15, 0.2) is 0 Å². The van der Waals surface area contributed by atoms with Crippen LogP contribution in [0, 0.1) is 13.8 Å². The summed E-state index contributed by atoms with van der Waals surface area (Å²) in [7, 11) is 0. The van der Waals surface area contributed by atoms with Crippen LogP contribution in [0.15, 0.2) is 30.3 Å². The quantitative estimate of drug-likeness (QED) is 0.911. The Kier molecular flexibility index (Phi) is 4.24. The molecule has 1 amide bonds. The zero-order chi connectivity index (χ0) is 15.5. The molecular weight excluding hydrogens is 276 g/mol. The van der Waals surface area contributed by atoms with E-state index in [-0.39, 0.29) is 11.9 Å². The number of aromatic nitrogens is 2. The third kappa shape index (κ3) is 3.20. The molecule has 1 aliphatic heterocycles. The third-order valence-electron chi connectivity index (χ3n) is 4.06. The number of carbonyl (C=O) groups excluding carboxylic acids is 1. The van der Waals surface area contributed by atoms with Gasteiger partial charge in [-0.1, -0.05) is 0 Å². The summed E-state index contributed by atoms with van der Waals surface area (Å²) < 4.78 is 1.89. The van der Waals surface area contributed by atoms with Gasteiger partial charge in [-0.25, -0.2) is 4.68 Å². The maximum atomic E-state index is 12.3. The molecule has 0 radical (unpaired) electrons. The van der Waals surface area contributed by atoms with E-state index in [9.17, 15) is 4.79 Å². The predicted molar refractivity (Wildman–Crippen MR) is 86.4 cm³/mol. The molecule has 0 bridgehead atoms. The number of amides is 1. The Morgan fingerprint density at radius 2 is 1.91 bits per heavy atom. The summed E-state index contributed by atoms with van der Waals surface area (Å²) in [5.41, 5.74) is 3.75. The van der Waals surface area contributed by atoms with Gasteiger partial charge in [0.2, 0.25) is 0 Å². The number of benzene rings is 1. The molecule has 1 fully saturated rings. The number of aryl methyl sites for hydroxylation is 2. The van der Waals surface area contributed by atoms with Gasteiger partial charge in [-0.2, -0.15) is 5.10 Å². The van der Waals surface area contributed by atoms with Gasteiger partial charge >= 0.3 is 0 Å². The molecule has 1 aromatic heterocycles. The molecule has 0 saturated carbocycles. The monoisotopic (exact) mass is 298 g/mol. The molecule has 0 unspecified atom stereocenters. The molecule has 2 heterocycles. The van der Waals surface area contributed by atoms with Crippen LogP contribution in [0.4, 0.5) is 0 Å². The molecule has 1 aromatic carbocycles. The minimum Gasteiger partial charge on any atom is -0.349 e. The summed E-state index contributed by atoms with van der Waals surface area (Å²) in [5, 5.41) is 10.9. The van der Waals surface area contributed by atoms with Gasteiger partial charge in [-0.3, -0.25) is 4.79 Å². The first-order valence-electron chi connectivity index (χ1n) is 7.79. The van der Waals surface area contributed by atoms with Crippen LogP contribution in [0.3, 0.4) is 0 Å². The van der Waals surface area contributed by atoms with E-state index in [4.69, 9.17) is 0 Å². The highest BCUT2D eigenvalue weighted by atomic mass is 16.1. The van der Waals surface area contributed by atoms with Crippen molar-refractivity contribution in [3.05, 3.63) is 47.3 Å². The number of rotatable bonds is 3. The minimum atomic E-state index is 0.00631. The fraction of sp³-hybridized carbons (Fsp3) is 0.412. The van der Waals surface area contributed by atoms with Crippen LogP contribution in [0.1, 0.15) is 34.6 Å². The summed E-state index contributed by atoms with van der Waals surface area (Å²) in [6.07, 6.45) is 1.99. The van der Waals surface area contributed by atoms with E-state index < -0.39 is 0 Å². The van der Waals surface area contributed by atoms with Crippen molar-refractivity contribution in [3.63, 3.8) is 0 Å². The van der Waals surface area contributed by atoms with Gasteiger partial charge in [0.25, 0.3) is 5.91 Å². The fourth-order valence-corrected chi connectivity index (χ4v) is 2.88. The fourth-order valence-electron chi connectivity index (χ4n) is 2.88. The molecule has 2 N–H and O–H groups in total. The topological polar surface area (TPSA) is 59.0 Å². The van der Waals surface area contributed by atoms with E-state index >= 15 is 0 Å². The molecule has 0 aliphatic carbocycles. The summed E-state index contributed by atoms with van der Waals surface area (Å²) in [5.74, 6) is 0.00631. The highest BCUT2D eigenvalue weighted by molar-refractivity contribution is 5.94.